The predicted molar refractivity (Wildman–Crippen MR) is 58.4 cm³/mol. The third-order valence-corrected chi connectivity index (χ3v) is 2.70. The fraction of sp³-hybridized carbons (Fsp3) is 0.727. The van der Waals surface area contributed by atoms with Crippen molar-refractivity contribution in [3.8, 4) is 0 Å². The van der Waals surface area contributed by atoms with E-state index in [0.717, 1.165) is 18.4 Å². The van der Waals surface area contributed by atoms with Crippen LogP contribution in [0, 0.1) is 0 Å². The lowest BCUT2D eigenvalue weighted by Crippen LogP contribution is -2.25. The van der Waals surface area contributed by atoms with E-state index in [4.69, 9.17) is 5.11 Å². The van der Waals surface area contributed by atoms with E-state index >= 15 is 0 Å². The topological polar surface area (TPSA) is 40.5 Å². The smallest absolute Gasteiger partial charge is 0.331 e. The maximum atomic E-state index is 10.8. The van der Waals surface area contributed by atoms with Crippen LogP contribution in [0.15, 0.2) is 11.1 Å². The number of carbonyl (C=O) groups is 1. The molecule has 0 radical (unpaired) electrons. The molecule has 1 unspecified atom stereocenters. The van der Waals surface area contributed by atoms with Crippen LogP contribution in [0.4, 0.5) is 0 Å². The SMILES string of the molecule is CCC(CC(C)N(C)C)=C(C)C(=O)O. The summed E-state index contributed by atoms with van der Waals surface area (Å²) >= 11 is 0. The second-order valence-electron chi connectivity index (χ2n) is 3.90. The third kappa shape index (κ3) is 3.92. The average molecular weight is 199 g/mol. The first-order chi connectivity index (χ1) is 6.40. The molecule has 0 saturated heterocycles. The molecule has 3 nitrogen and oxygen atoms in total. The molecule has 0 aromatic carbocycles. The summed E-state index contributed by atoms with van der Waals surface area (Å²) in [5.41, 5.74) is 1.54. The molecule has 1 N–H and O–H groups in total. The van der Waals surface area contributed by atoms with Crippen LogP contribution in [0.5, 0.6) is 0 Å². The van der Waals surface area contributed by atoms with Crippen molar-refractivity contribution in [3.63, 3.8) is 0 Å². The molecular weight excluding hydrogens is 178 g/mol. The summed E-state index contributed by atoms with van der Waals surface area (Å²) in [5, 5.41) is 8.86. The Morgan fingerprint density at radius 3 is 2.21 bits per heavy atom. The Labute approximate surface area is 86.4 Å². The molecule has 0 rings (SSSR count). The highest BCUT2D eigenvalue weighted by atomic mass is 16.4. The van der Waals surface area contributed by atoms with Gasteiger partial charge in [0.15, 0.2) is 0 Å². The fourth-order valence-corrected chi connectivity index (χ4v) is 1.25. The minimum Gasteiger partial charge on any atom is -0.478 e. The van der Waals surface area contributed by atoms with Crippen molar-refractivity contribution >= 4 is 5.97 Å². The van der Waals surface area contributed by atoms with E-state index in [1.807, 2.05) is 21.0 Å². The van der Waals surface area contributed by atoms with Gasteiger partial charge in [-0.15, -0.1) is 0 Å². The average Bonchev–Trinajstić information content (AvgIpc) is 2.12. The second-order valence-corrected chi connectivity index (χ2v) is 3.90. The minimum absolute atomic E-state index is 0.388. The van der Waals surface area contributed by atoms with Crippen molar-refractivity contribution in [3.05, 3.63) is 11.1 Å². The van der Waals surface area contributed by atoms with Gasteiger partial charge in [-0.3, -0.25) is 0 Å². The molecule has 0 bridgehead atoms. The molecule has 0 saturated carbocycles. The van der Waals surface area contributed by atoms with Crippen LogP contribution in [-0.2, 0) is 4.79 Å². The Hall–Kier alpha value is -0.830. The zero-order valence-electron chi connectivity index (χ0n) is 9.79. The molecule has 0 aromatic rings. The van der Waals surface area contributed by atoms with Gasteiger partial charge >= 0.3 is 5.97 Å². The first-order valence-electron chi connectivity index (χ1n) is 4.98. The van der Waals surface area contributed by atoms with E-state index < -0.39 is 5.97 Å². The summed E-state index contributed by atoms with van der Waals surface area (Å²) < 4.78 is 0. The van der Waals surface area contributed by atoms with E-state index in [9.17, 15) is 4.79 Å². The molecule has 0 amide bonds. The van der Waals surface area contributed by atoms with Crippen molar-refractivity contribution in [1.29, 1.82) is 0 Å². The van der Waals surface area contributed by atoms with Crippen molar-refractivity contribution < 1.29 is 9.90 Å². The van der Waals surface area contributed by atoms with E-state index in [0.29, 0.717) is 11.6 Å². The first kappa shape index (κ1) is 13.2. The minimum atomic E-state index is -0.798. The zero-order valence-corrected chi connectivity index (χ0v) is 9.79. The van der Waals surface area contributed by atoms with E-state index in [1.54, 1.807) is 6.92 Å². The Morgan fingerprint density at radius 1 is 1.43 bits per heavy atom. The quantitative estimate of drug-likeness (QED) is 0.690. The van der Waals surface area contributed by atoms with Crippen LogP contribution in [0.3, 0.4) is 0 Å². The van der Waals surface area contributed by atoms with E-state index in [2.05, 4.69) is 11.8 Å². The van der Waals surface area contributed by atoms with Gasteiger partial charge in [0.2, 0.25) is 0 Å². The molecule has 3 heteroatoms. The molecule has 0 aromatic heterocycles. The number of nitrogens with zero attached hydrogens (tertiary/aromatic N) is 1. The number of hydrogen-bond acceptors (Lipinski definition) is 2. The highest BCUT2D eigenvalue weighted by Crippen LogP contribution is 2.17. The summed E-state index contributed by atoms with van der Waals surface area (Å²) in [6, 6.07) is 0.388. The maximum Gasteiger partial charge on any atom is 0.331 e. The third-order valence-electron chi connectivity index (χ3n) is 2.70. The zero-order chi connectivity index (χ0) is 11.3. The summed E-state index contributed by atoms with van der Waals surface area (Å²) in [4.78, 5) is 12.9. The first-order valence-corrected chi connectivity index (χ1v) is 4.98. The number of rotatable bonds is 5. The Morgan fingerprint density at radius 2 is 1.93 bits per heavy atom. The highest BCUT2D eigenvalue weighted by Gasteiger charge is 2.12. The van der Waals surface area contributed by atoms with Gasteiger partial charge < -0.3 is 10.0 Å². The van der Waals surface area contributed by atoms with Gasteiger partial charge in [-0.25, -0.2) is 4.79 Å². The number of carboxylic acids is 1. The van der Waals surface area contributed by atoms with Gasteiger partial charge in [-0.2, -0.15) is 0 Å². The van der Waals surface area contributed by atoms with Gasteiger partial charge in [0.25, 0.3) is 0 Å². The molecule has 1 atom stereocenters. The van der Waals surface area contributed by atoms with Gasteiger partial charge in [-0.1, -0.05) is 12.5 Å². The van der Waals surface area contributed by atoms with E-state index in [1.165, 1.54) is 0 Å². The molecule has 14 heavy (non-hydrogen) atoms. The summed E-state index contributed by atoms with van der Waals surface area (Å²) in [5.74, 6) is -0.798. The van der Waals surface area contributed by atoms with Crippen LogP contribution in [-0.4, -0.2) is 36.1 Å². The van der Waals surface area contributed by atoms with Gasteiger partial charge in [0.05, 0.1) is 0 Å². The van der Waals surface area contributed by atoms with E-state index in [-0.39, 0.29) is 0 Å². The Kier molecular flexibility index (Phi) is 5.46. The normalized spacial score (nSPS) is 15.3. The molecular formula is C11H21NO2. The van der Waals surface area contributed by atoms with Gasteiger partial charge in [0, 0.05) is 11.6 Å². The molecule has 0 heterocycles. The van der Waals surface area contributed by atoms with Crippen molar-refractivity contribution in [2.75, 3.05) is 14.1 Å². The molecule has 0 aliphatic carbocycles. The lowest BCUT2D eigenvalue weighted by atomic mass is 9.99. The fourth-order valence-electron chi connectivity index (χ4n) is 1.25. The van der Waals surface area contributed by atoms with Gasteiger partial charge in [-0.05, 0) is 40.8 Å². The Balaban J connectivity index is 4.59. The van der Waals surface area contributed by atoms with Crippen LogP contribution in [0.2, 0.25) is 0 Å². The monoisotopic (exact) mass is 199 g/mol. The maximum absolute atomic E-state index is 10.8. The van der Waals surface area contributed by atoms with Crippen LogP contribution in [0.1, 0.15) is 33.6 Å². The van der Waals surface area contributed by atoms with Crippen molar-refractivity contribution in [2.45, 2.75) is 39.7 Å². The number of hydrogen-bond donors (Lipinski definition) is 1. The standard InChI is InChI=1S/C11H21NO2/c1-6-10(9(3)11(13)14)7-8(2)12(4)5/h8H,6-7H2,1-5H3,(H,13,14). The molecule has 0 aliphatic rings. The lowest BCUT2D eigenvalue weighted by Gasteiger charge is -2.21. The Bertz CT molecular complexity index is 231. The van der Waals surface area contributed by atoms with Gasteiger partial charge in [0.1, 0.15) is 0 Å². The molecule has 0 fully saturated rings. The van der Waals surface area contributed by atoms with Crippen molar-refractivity contribution in [1.82, 2.24) is 4.90 Å². The summed E-state index contributed by atoms with van der Waals surface area (Å²) in [6.45, 7) is 5.79. The van der Waals surface area contributed by atoms with Crippen LogP contribution >= 0.6 is 0 Å². The lowest BCUT2D eigenvalue weighted by molar-refractivity contribution is -0.132. The van der Waals surface area contributed by atoms with Crippen LogP contribution < -0.4 is 0 Å². The summed E-state index contributed by atoms with van der Waals surface area (Å²) in [6.07, 6.45) is 1.65. The molecule has 0 aliphatic heterocycles. The summed E-state index contributed by atoms with van der Waals surface area (Å²) in [7, 11) is 4.02. The molecule has 0 spiro atoms. The van der Waals surface area contributed by atoms with Crippen LogP contribution in [0.25, 0.3) is 0 Å². The predicted octanol–water partition coefficient (Wildman–Crippen LogP) is 2.14. The number of carboxylic acid groups (broad SMARTS) is 1. The molecule has 82 valence electrons. The van der Waals surface area contributed by atoms with Crippen molar-refractivity contribution in [2.24, 2.45) is 0 Å². The number of aliphatic carboxylic acids is 1. The second kappa shape index (κ2) is 5.81. The largest absolute Gasteiger partial charge is 0.478 e. The highest BCUT2D eigenvalue weighted by molar-refractivity contribution is 5.86.